The van der Waals surface area contributed by atoms with Crippen LogP contribution >= 0.6 is 11.3 Å². The first-order valence-electron chi connectivity index (χ1n) is 9.24. The monoisotopic (exact) mass is 409 g/mol. The zero-order valence-electron chi connectivity index (χ0n) is 16.5. The van der Waals surface area contributed by atoms with Crippen molar-refractivity contribution in [2.75, 3.05) is 12.4 Å². The van der Waals surface area contributed by atoms with Crippen LogP contribution in [0, 0.1) is 5.92 Å². The van der Waals surface area contributed by atoms with Gasteiger partial charge in [0.1, 0.15) is 11.8 Å². The van der Waals surface area contributed by atoms with Gasteiger partial charge in [0.05, 0.1) is 12.8 Å². The van der Waals surface area contributed by atoms with Crippen molar-refractivity contribution in [2.45, 2.75) is 19.9 Å². The van der Waals surface area contributed by atoms with E-state index in [0.29, 0.717) is 16.4 Å². The fourth-order valence-corrected chi connectivity index (χ4v) is 3.48. The van der Waals surface area contributed by atoms with Gasteiger partial charge in [0.2, 0.25) is 5.91 Å². The van der Waals surface area contributed by atoms with Crippen molar-refractivity contribution in [3.05, 3.63) is 65.5 Å². The molecule has 0 bridgehead atoms. The van der Waals surface area contributed by atoms with E-state index in [1.54, 1.807) is 31.4 Å². The Bertz CT molecular complexity index is 968. The minimum atomic E-state index is -0.686. The van der Waals surface area contributed by atoms with Gasteiger partial charge in [0.25, 0.3) is 5.91 Å². The number of carbonyl (C=O) groups is 2. The maximum Gasteiger partial charge on any atom is 0.251 e. The van der Waals surface area contributed by atoms with Crippen molar-refractivity contribution in [1.29, 1.82) is 0 Å². The smallest absolute Gasteiger partial charge is 0.251 e. The number of amides is 2. The van der Waals surface area contributed by atoms with E-state index >= 15 is 0 Å². The SMILES string of the molecule is COc1ccc(C(=O)N[C@@H](C(=O)Nc2nc(-c3ccccc3)cs2)C(C)C)cc1. The maximum absolute atomic E-state index is 12.8. The van der Waals surface area contributed by atoms with Crippen molar-refractivity contribution >= 4 is 28.3 Å². The molecule has 3 aromatic rings. The number of thiazole rings is 1. The second kappa shape index (κ2) is 9.34. The summed E-state index contributed by atoms with van der Waals surface area (Å²) >= 11 is 1.35. The zero-order chi connectivity index (χ0) is 20.8. The number of nitrogens with zero attached hydrogens (tertiary/aromatic N) is 1. The molecule has 29 heavy (non-hydrogen) atoms. The Morgan fingerprint density at radius 3 is 2.34 bits per heavy atom. The van der Waals surface area contributed by atoms with Crippen LogP contribution in [0.5, 0.6) is 5.75 Å². The molecule has 0 fully saturated rings. The zero-order valence-corrected chi connectivity index (χ0v) is 17.3. The van der Waals surface area contributed by atoms with Gasteiger partial charge in [-0.05, 0) is 30.2 Å². The van der Waals surface area contributed by atoms with Crippen LogP contribution in [0.15, 0.2) is 60.0 Å². The molecule has 0 unspecified atom stereocenters. The van der Waals surface area contributed by atoms with Gasteiger partial charge in [-0.15, -0.1) is 11.3 Å². The van der Waals surface area contributed by atoms with Gasteiger partial charge in [-0.25, -0.2) is 4.98 Å². The standard InChI is InChI=1S/C22H23N3O3S/c1-14(2)19(24-20(26)16-9-11-17(28-3)12-10-16)21(27)25-22-23-18(13-29-22)15-7-5-4-6-8-15/h4-14,19H,1-3H3,(H,24,26)(H,23,25,27)/t19-/m1/s1. The second-order valence-corrected chi connectivity index (χ2v) is 7.67. The molecule has 0 saturated heterocycles. The molecule has 6 nitrogen and oxygen atoms in total. The second-order valence-electron chi connectivity index (χ2n) is 6.82. The van der Waals surface area contributed by atoms with Crippen molar-refractivity contribution < 1.29 is 14.3 Å². The Kier molecular flexibility index (Phi) is 6.61. The average molecular weight is 410 g/mol. The Morgan fingerprint density at radius 1 is 1.03 bits per heavy atom. The van der Waals surface area contributed by atoms with Gasteiger partial charge < -0.3 is 15.4 Å². The van der Waals surface area contributed by atoms with Crippen LogP contribution in [0.25, 0.3) is 11.3 Å². The minimum absolute atomic E-state index is 0.0919. The molecule has 2 N–H and O–H groups in total. The highest BCUT2D eigenvalue weighted by molar-refractivity contribution is 7.14. The van der Waals surface area contributed by atoms with E-state index in [4.69, 9.17) is 4.74 Å². The molecule has 0 radical (unpaired) electrons. The maximum atomic E-state index is 12.8. The number of rotatable bonds is 7. The number of benzene rings is 2. The lowest BCUT2D eigenvalue weighted by Crippen LogP contribution is -2.47. The quantitative estimate of drug-likeness (QED) is 0.613. The lowest BCUT2D eigenvalue weighted by molar-refractivity contribution is -0.118. The first kappa shape index (κ1) is 20.5. The topological polar surface area (TPSA) is 80.3 Å². The molecule has 0 saturated carbocycles. The summed E-state index contributed by atoms with van der Waals surface area (Å²) in [5.74, 6) is -0.0371. The number of methoxy groups -OCH3 is 1. The summed E-state index contributed by atoms with van der Waals surface area (Å²) in [6.07, 6.45) is 0. The number of hydrogen-bond donors (Lipinski definition) is 2. The predicted octanol–water partition coefficient (Wildman–Crippen LogP) is 4.21. The summed E-state index contributed by atoms with van der Waals surface area (Å²) < 4.78 is 5.11. The van der Waals surface area contributed by atoms with Crippen LogP contribution in [0.4, 0.5) is 5.13 Å². The highest BCUT2D eigenvalue weighted by Gasteiger charge is 2.25. The largest absolute Gasteiger partial charge is 0.497 e. The van der Waals surface area contributed by atoms with Gasteiger partial charge in [0, 0.05) is 16.5 Å². The molecule has 0 aliphatic heterocycles. The van der Waals surface area contributed by atoms with Crippen molar-refractivity contribution in [3.63, 3.8) is 0 Å². The van der Waals surface area contributed by atoms with Gasteiger partial charge in [-0.2, -0.15) is 0 Å². The Morgan fingerprint density at radius 2 is 1.72 bits per heavy atom. The summed E-state index contributed by atoms with van der Waals surface area (Å²) in [7, 11) is 1.57. The van der Waals surface area contributed by atoms with Crippen molar-refractivity contribution in [3.8, 4) is 17.0 Å². The van der Waals surface area contributed by atoms with Gasteiger partial charge in [0.15, 0.2) is 5.13 Å². The van der Waals surface area contributed by atoms with E-state index in [0.717, 1.165) is 11.3 Å². The summed E-state index contributed by atoms with van der Waals surface area (Å²) in [6.45, 7) is 3.77. The van der Waals surface area contributed by atoms with E-state index in [2.05, 4.69) is 15.6 Å². The van der Waals surface area contributed by atoms with Crippen LogP contribution in [0.2, 0.25) is 0 Å². The molecule has 2 amide bonds. The Balaban J connectivity index is 1.68. The molecule has 0 aliphatic rings. The number of aromatic nitrogens is 1. The van der Waals surface area contributed by atoms with Gasteiger partial charge in [-0.1, -0.05) is 44.2 Å². The van der Waals surface area contributed by atoms with Gasteiger partial charge in [-0.3, -0.25) is 9.59 Å². The van der Waals surface area contributed by atoms with Crippen LogP contribution in [0.1, 0.15) is 24.2 Å². The van der Waals surface area contributed by atoms with Gasteiger partial charge >= 0.3 is 0 Å². The highest BCUT2D eigenvalue weighted by Crippen LogP contribution is 2.25. The van der Waals surface area contributed by atoms with Crippen LogP contribution in [-0.2, 0) is 4.79 Å². The third kappa shape index (κ3) is 5.20. The highest BCUT2D eigenvalue weighted by atomic mass is 32.1. The van der Waals surface area contributed by atoms with Crippen molar-refractivity contribution in [1.82, 2.24) is 10.3 Å². The fourth-order valence-electron chi connectivity index (χ4n) is 2.76. The molecule has 2 aromatic carbocycles. The Labute approximate surface area is 173 Å². The molecule has 1 aromatic heterocycles. The molecule has 150 valence electrons. The van der Waals surface area contributed by atoms with Crippen LogP contribution < -0.4 is 15.4 Å². The number of carbonyl (C=O) groups excluding carboxylic acids is 2. The fraction of sp³-hybridized carbons (Fsp3) is 0.227. The summed E-state index contributed by atoms with van der Waals surface area (Å²) in [6, 6.07) is 15.8. The molecular weight excluding hydrogens is 386 g/mol. The number of nitrogens with one attached hydrogen (secondary N) is 2. The molecule has 1 atom stereocenters. The van der Waals surface area contributed by atoms with Crippen molar-refractivity contribution in [2.24, 2.45) is 5.92 Å². The minimum Gasteiger partial charge on any atom is -0.497 e. The van der Waals surface area contributed by atoms with E-state index < -0.39 is 6.04 Å². The van der Waals surface area contributed by atoms with E-state index in [-0.39, 0.29) is 17.7 Å². The van der Waals surface area contributed by atoms with Crippen LogP contribution in [-0.4, -0.2) is 29.9 Å². The van der Waals surface area contributed by atoms with E-state index in [1.807, 2.05) is 49.6 Å². The lowest BCUT2D eigenvalue weighted by Gasteiger charge is -2.21. The Hall–Kier alpha value is -3.19. The molecular formula is C22H23N3O3S. The summed E-state index contributed by atoms with van der Waals surface area (Å²) in [5, 5.41) is 8.03. The number of hydrogen-bond acceptors (Lipinski definition) is 5. The average Bonchev–Trinajstić information content (AvgIpc) is 3.20. The van der Waals surface area contributed by atoms with E-state index in [1.165, 1.54) is 11.3 Å². The lowest BCUT2D eigenvalue weighted by atomic mass is 10.0. The first-order chi connectivity index (χ1) is 14.0. The van der Waals surface area contributed by atoms with E-state index in [9.17, 15) is 9.59 Å². The molecule has 3 rings (SSSR count). The molecule has 0 spiro atoms. The molecule has 7 heteroatoms. The number of anilines is 1. The third-order valence-electron chi connectivity index (χ3n) is 4.39. The number of ether oxygens (including phenoxy) is 1. The summed E-state index contributed by atoms with van der Waals surface area (Å²) in [4.78, 5) is 29.8. The first-order valence-corrected chi connectivity index (χ1v) is 10.1. The normalized spacial score (nSPS) is 11.7. The summed E-state index contributed by atoms with van der Waals surface area (Å²) in [5.41, 5.74) is 2.25. The predicted molar refractivity (Wildman–Crippen MR) is 115 cm³/mol. The third-order valence-corrected chi connectivity index (χ3v) is 5.15. The molecule has 1 heterocycles. The molecule has 0 aliphatic carbocycles. The van der Waals surface area contributed by atoms with Crippen LogP contribution in [0.3, 0.4) is 0 Å².